The first-order chi connectivity index (χ1) is 12.0. The van der Waals surface area contributed by atoms with Gasteiger partial charge in [-0.3, -0.25) is 4.79 Å². The Bertz CT molecular complexity index is 721. The van der Waals surface area contributed by atoms with Gasteiger partial charge in [-0.05, 0) is 41.5 Å². The fourth-order valence-electron chi connectivity index (χ4n) is 3.15. The molecule has 0 aromatic heterocycles. The molecular weight excluding hydrogens is 324 g/mol. The van der Waals surface area contributed by atoms with Crippen LogP contribution < -0.4 is 10.1 Å². The molecule has 0 radical (unpaired) electrons. The van der Waals surface area contributed by atoms with Crippen LogP contribution in [0.15, 0.2) is 54.6 Å². The number of hydrogen-bond donors (Lipinski definition) is 1. The van der Waals surface area contributed by atoms with Crippen LogP contribution in [0.3, 0.4) is 0 Å². The summed E-state index contributed by atoms with van der Waals surface area (Å²) in [5.74, 6) is 0.978. The van der Waals surface area contributed by atoms with Gasteiger partial charge in [0.2, 0.25) is 5.91 Å². The normalized spacial score (nSPS) is 20.2. The maximum Gasteiger partial charge on any atom is 0.387 e. The highest BCUT2D eigenvalue weighted by molar-refractivity contribution is 5.79. The van der Waals surface area contributed by atoms with Crippen molar-refractivity contribution in [2.45, 2.75) is 32.4 Å². The summed E-state index contributed by atoms with van der Waals surface area (Å²) in [6, 6.07) is 16.2. The second kappa shape index (κ2) is 7.64. The van der Waals surface area contributed by atoms with Gasteiger partial charge in [-0.15, -0.1) is 0 Å². The highest BCUT2D eigenvalue weighted by Crippen LogP contribution is 2.46. The number of hydrogen-bond acceptors (Lipinski definition) is 2. The van der Waals surface area contributed by atoms with E-state index in [1.807, 2.05) is 30.3 Å². The van der Waals surface area contributed by atoms with Crippen molar-refractivity contribution in [3.8, 4) is 5.75 Å². The number of ether oxygens (including phenoxy) is 1. The lowest BCUT2D eigenvalue weighted by atomic mass is 10.0. The molecule has 0 saturated heterocycles. The van der Waals surface area contributed by atoms with Gasteiger partial charge < -0.3 is 10.1 Å². The van der Waals surface area contributed by atoms with Crippen molar-refractivity contribution >= 4 is 5.91 Å². The quantitative estimate of drug-likeness (QED) is 0.810. The van der Waals surface area contributed by atoms with E-state index in [9.17, 15) is 13.6 Å². The van der Waals surface area contributed by atoms with Gasteiger partial charge in [-0.2, -0.15) is 8.78 Å². The molecule has 3 nitrogen and oxygen atoms in total. The molecular formula is C20H21F2NO2. The first-order valence-electron chi connectivity index (χ1n) is 8.41. The molecule has 0 spiro atoms. The zero-order chi connectivity index (χ0) is 17.8. The van der Waals surface area contributed by atoms with Gasteiger partial charge in [0.15, 0.2) is 0 Å². The summed E-state index contributed by atoms with van der Waals surface area (Å²) in [6.45, 7) is -0.694. The third-order valence-electron chi connectivity index (χ3n) is 4.56. The Morgan fingerprint density at radius 1 is 1.20 bits per heavy atom. The highest BCUT2D eigenvalue weighted by Gasteiger charge is 2.40. The van der Waals surface area contributed by atoms with Crippen LogP contribution in [0.1, 0.15) is 30.5 Å². The van der Waals surface area contributed by atoms with E-state index in [4.69, 9.17) is 0 Å². The molecule has 1 saturated carbocycles. The molecule has 5 heteroatoms. The summed E-state index contributed by atoms with van der Waals surface area (Å²) in [7, 11) is 0. The molecule has 3 unspecified atom stereocenters. The zero-order valence-electron chi connectivity index (χ0n) is 14.0. The molecule has 132 valence electrons. The van der Waals surface area contributed by atoms with Crippen LogP contribution in [0.2, 0.25) is 0 Å². The molecule has 0 heterocycles. The van der Waals surface area contributed by atoms with Crippen LogP contribution in [0.5, 0.6) is 5.75 Å². The smallest absolute Gasteiger partial charge is 0.387 e. The number of amides is 1. The molecule has 2 aromatic carbocycles. The third kappa shape index (κ3) is 4.78. The molecule has 3 rings (SSSR count). The number of halogens is 2. The standard InChI is InChI=1S/C20H21F2NO2/c1-13-10-17(13)19(15-7-3-2-4-8-15)23-18(24)12-14-6-5-9-16(11-14)25-20(21)22/h2-9,11,13,17,19-20H,10,12H2,1H3,(H,23,24). The molecule has 1 N–H and O–H groups in total. The van der Waals surface area contributed by atoms with E-state index in [-0.39, 0.29) is 24.1 Å². The van der Waals surface area contributed by atoms with Gasteiger partial charge in [0.05, 0.1) is 12.5 Å². The largest absolute Gasteiger partial charge is 0.435 e. The number of carbonyl (C=O) groups is 1. The molecule has 2 aromatic rings. The van der Waals surface area contributed by atoms with Crippen molar-refractivity contribution in [3.05, 3.63) is 65.7 Å². The van der Waals surface area contributed by atoms with E-state index in [1.165, 1.54) is 12.1 Å². The lowest BCUT2D eigenvalue weighted by Crippen LogP contribution is -2.31. The van der Waals surface area contributed by atoms with E-state index in [0.29, 0.717) is 17.4 Å². The summed E-state index contributed by atoms with van der Waals surface area (Å²) in [5.41, 5.74) is 1.74. The monoisotopic (exact) mass is 345 g/mol. The fourth-order valence-corrected chi connectivity index (χ4v) is 3.15. The number of alkyl halides is 2. The average Bonchev–Trinajstić information content (AvgIpc) is 3.29. The van der Waals surface area contributed by atoms with Crippen molar-refractivity contribution in [1.82, 2.24) is 5.32 Å². The molecule has 1 aliphatic carbocycles. The summed E-state index contributed by atoms with van der Waals surface area (Å²) in [5, 5.41) is 3.11. The molecule has 1 fully saturated rings. The minimum atomic E-state index is -2.87. The Hall–Kier alpha value is -2.43. The second-order valence-corrected chi connectivity index (χ2v) is 6.54. The van der Waals surface area contributed by atoms with E-state index >= 15 is 0 Å². The van der Waals surface area contributed by atoms with E-state index in [2.05, 4.69) is 17.0 Å². The second-order valence-electron chi connectivity index (χ2n) is 6.54. The van der Waals surface area contributed by atoms with Crippen LogP contribution in [0, 0.1) is 11.8 Å². The van der Waals surface area contributed by atoms with Crippen LogP contribution >= 0.6 is 0 Å². The zero-order valence-corrected chi connectivity index (χ0v) is 14.0. The van der Waals surface area contributed by atoms with Gasteiger partial charge in [0.25, 0.3) is 0 Å². The van der Waals surface area contributed by atoms with E-state index < -0.39 is 6.61 Å². The fraction of sp³-hybridized carbons (Fsp3) is 0.350. The predicted molar refractivity (Wildman–Crippen MR) is 91.4 cm³/mol. The molecule has 1 amide bonds. The summed E-state index contributed by atoms with van der Waals surface area (Å²) in [6.07, 6.45) is 1.22. The van der Waals surface area contributed by atoms with Gasteiger partial charge >= 0.3 is 6.61 Å². The number of nitrogens with one attached hydrogen (secondary N) is 1. The Morgan fingerprint density at radius 3 is 2.56 bits per heavy atom. The molecule has 3 atom stereocenters. The summed E-state index contributed by atoms with van der Waals surface area (Å²) < 4.78 is 29.0. The minimum Gasteiger partial charge on any atom is -0.435 e. The van der Waals surface area contributed by atoms with Crippen molar-refractivity contribution in [3.63, 3.8) is 0 Å². The Labute approximate surface area is 146 Å². The molecule has 1 aliphatic rings. The maximum absolute atomic E-state index is 12.5. The minimum absolute atomic E-state index is 0.0100. The predicted octanol–water partition coefficient (Wildman–Crippen LogP) is 4.34. The highest BCUT2D eigenvalue weighted by atomic mass is 19.3. The van der Waals surface area contributed by atoms with Crippen molar-refractivity contribution < 1.29 is 18.3 Å². The number of rotatable bonds is 7. The number of carbonyl (C=O) groups excluding carboxylic acids is 1. The summed E-state index contributed by atoms with van der Waals surface area (Å²) in [4.78, 5) is 12.5. The lowest BCUT2D eigenvalue weighted by Gasteiger charge is -2.19. The van der Waals surface area contributed by atoms with Crippen molar-refractivity contribution in [2.24, 2.45) is 11.8 Å². The molecule has 0 bridgehead atoms. The molecule has 0 aliphatic heterocycles. The van der Waals surface area contributed by atoms with Crippen molar-refractivity contribution in [1.29, 1.82) is 0 Å². The van der Waals surface area contributed by atoms with Crippen molar-refractivity contribution in [2.75, 3.05) is 0 Å². The van der Waals surface area contributed by atoms with Crippen LogP contribution in [-0.2, 0) is 11.2 Å². The number of benzene rings is 2. The summed E-state index contributed by atoms with van der Waals surface area (Å²) >= 11 is 0. The first kappa shape index (κ1) is 17.4. The van der Waals surface area contributed by atoms with Gasteiger partial charge in [-0.25, -0.2) is 0 Å². The van der Waals surface area contributed by atoms with E-state index in [0.717, 1.165) is 12.0 Å². The lowest BCUT2D eigenvalue weighted by molar-refractivity contribution is -0.121. The van der Waals surface area contributed by atoms with Gasteiger partial charge in [-0.1, -0.05) is 49.4 Å². The topological polar surface area (TPSA) is 38.3 Å². The van der Waals surface area contributed by atoms with Crippen LogP contribution in [0.25, 0.3) is 0 Å². The van der Waals surface area contributed by atoms with E-state index in [1.54, 1.807) is 12.1 Å². The Kier molecular flexibility index (Phi) is 5.31. The Balaban J connectivity index is 1.66. The molecule has 25 heavy (non-hydrogen) atoms. The Morgan fingerprint density at radius 2 is 1.92 bits per heavy atom. The average molecular weight is 345 g/mol. The van der Waals surface area contributed by atoms with Gasteiger partial charge in [0, 0.05) is 0 Å². The van der Waals surface area contributed by atoms with Crippen LogP contribution in [-0.4, -0.2) is 12.5 Å². The third-order valence-corrected chi connectivity index (χ3v) is 4.56. The SMILES string of the molecule is CC1CC1C(NC(=O)Cc1cccc(OC(F)F)c1)c1ccccc1. The van der Waals surface area contributed by atoms with Crippen LogP contribution in [0.4, 0.5) is 8.78 Å². The van der Waals surface area contributed by atoms with Gasteiger partial charge in [0.1, 0.15) is 5.75 Å². The first-order valence-corrected chi connectivity index (χ1v) is 8.41. The maximum atomic E-state index is 12.5.